The normalized spacial score (nSPS) is 17.9. The zero-order valence-corrected chi connectivity index (χ0v) is 21.0. The maximum atomic E-state index is 12.7. The zero-order chi connectivity index (χ0) is 25.3. The van der Waals surface area contributed by atoms with Crippen molar-refractivity contribution in [2.45, 2.75) is 57.1 Å². The summed E-state index contributed by atoms with van der Waals surface area (Å²) in [4.78, 5) is 37.7. The van der Waals surface area contributed by atoms with E-state index in [0.29, 0.717) is 34.1 Å². The molecule has 1 aliphatic carbocycles. The Balaban J connectivity index is 1.28. The van der Waals surface area contributed by atoms with Gasteiger partial charge in [-0.2, -0.15) is 0 Å². The Morgan fingerprint density at radius 3 is 2.53 bits per heavy atom. The molecule has 0 spiro atoms. The Labute approximate surface area is 216 Å². The average molecular weight is 513 g/mol. The van der Waals surface area contributed by atoms with Gasteiger partial charge in [0.15, 0.2) is 0 Å². The molecule has 3 amide bonds. The maximum Gasteiger partial charge on any atom is 0.253 e. The van der Waals surface area contributed by atoms with Crippen molar-refractivity contribution in [3.63, 3.8) is 0 Å². The monoisotopic (exact) mass is 512 g/mol. The van der Waals surface area contributed by atoms with Crippen LogP contribution in [-0.2, 0) is 9.53 Å². The standard InChI is InChI=1S/C27H33ClN4O4/c28-24-12-11-20(15-23(24)27(35)32-19-7-2-1-3-8-19)29-17-25(33)31-21-9-4-6-18(14-21)26(34)30-16-22-10-5-13-36-22/h4,6,9,11-12,14-15,19,22,29H,1-3,5,7-8,10,13,16-17H2,(H,30,34)(H,31,33)(H,32,35). The molecule has 2 aromatic rings. The molecule has 0 bridgehead atoms. The summed E-state index contributed by atoms with van der Waals surface area (Å²) in [5, 5.41) is 12.2. The second-order valence-corrected chi connectivity index (χ2v) is 9.74. The van der Waals surface area contributed by atoms with E-state index in [0.717, 1.165) is 45.1 Å². The van der Waals surface area contributed by atoms with Crippen molar-refractivity contribution in [3.8, 4) is 0 Å². The molecule has 4 rings (SSSR count). The lowest BCUT2D eigenvalue weighted by atomic mass is 9.95. The molecule has 9 heteroatoms. The number of carbonyl (C=O) groups excluding carboxylic acids is 3. The van der Waals surface area contributed by atoms with E-state index in [2.05, 4.69) is 21.3 Å². The summed E-state index contributed by atoms with van der Waals surface area (Å²) in [6.45, 7) is 1.20. The Bertz CT molecular complexity index is 1080. The number of amides is 3. The number of hydrogen-bond acceptors (Lipinski definition) is 5. The van der Waals surface area contributed by atoms with Crippen LogP contribution in [0.15, 0.2) is 42.5 Å². The second kappa shape index (κ2) is 12.7. The smallest absolute Gasteiger partial charge is 0.253 e. The van der Waals surface area contributed by atoms with Gasteiger partial charge in [0.05, 0.1) is 23.2 Å². The zero-order valence-electron chi connectivity index (χ0n) is 20.3. The molecule has 2 aromatic carbocycles. The highest BCUT2D eigenvalue weighted by Gasteiger charge is 2.19. The van der Waals surface area contributed by atoms with Crippen molar-refractivity contribution in [1.82, 2.24) is 10.6 Å². The van der Waals surface area contributed by atoms with Gasteiger partial charge in [-0.3, -0.25) is 14.4 Å². The van der Waals surface area contributed by atoms with E-state index in [1.165, 1.54) is 6.42 Å². The van der Waals surface area contributed by atoms with Gasteiger partial charge in [0.2, 0.25) is 5.91 Å². The van der Waals surface area contributed by atoms with Gasteiger partial charge in [-0.15, -0.1) is 0 Å². The number of benzene rings is 2. The molecule has 8 nitrogen and oxygen atoms in total. The quantitative estimate of drug-likeness (QED) is 0.399. The average Bonchev–Trinajstić information content (AvgIpc) is 3.41. The van der Waals surface area contributed by atoms with E-state index in [4.69, 9.17) is 16.3 Å². The Hall–Kier alpha value is -3.10. The number of rotatable bonds is 9. The van der Waals surface area contributed by atoms with Gasteiger partial charge >= 0.3 is 0 Å². The predicted molar refractivity (Wildman–Crippen MR) is 141 cm³/mol. The highest BCUT2D eigenvalue weighted by atomic mass is 35.5. The molecule has 1 atom stereocenters. The van der Waals surface area contributed by atoms with E-state index >= 15 is 0 Å². The lowest BCUT2D eigenvalue weighted by Gasteiger charge is -2.23. The van der Waals surface area contributed by atoms with Gasteiger partial charge in [-0.05, 0) is 62.1 Å². The molecular weight excluding hydrogens is 480 g/mol. The molecule has 36 heavy (non-hydrogen) atoms. The van der Waals surface area contributed by atoms with E-state index in [-0.39, 0.29) is 36.4 Å². The third kappa shape index (κ3) is 7.45. The number of ether oxygens (including phenoxy) is 1. The van der Waals surface area contributed by atoms with E-state index in [9.17, 15) is 14.4 Å². The van der Waals surface area contributed by atoms with Crippen LogP contribution in [0.1, 0.15) is 65.7 Å². The first-order valence-electron chi connectivity index (χ1n) is 12.6. The Morgan fingerprint density at radius 1 is 0.917 bits per heavy atom. The van der Waals surface area contributed by atoms with Crippen molar-refractivity contribution >= 4 is 40.7 Å². The molecule has 2 fully saturated rings. The van der Waals surface area contributed by atoms with Crippen molar-refractivity contribution in [1.29, 1.82) is 0 Å². The fourth-order valence-electron chi connectivity index (χ4n) is 4.56. The first-order valence-corrected chi connectivity index (χ1v) is 13.0. The van der Waals surface area contributed by atoms with Crippen molar-refractivity contribution in [2.75, 3.05) is 30.3 Å². The van der Waals surface area contributed by atoms with Crippen LogP contribution in [0.25, 0.3) is 0 Å². The van der Waals surface area contributed by atoms with E-state index in [1.807, 2.05) is 0 Å². The van der Waals surface area contributed by atoms with Crippen LogP contribution < -0.4 is 21.3 Å². The molecule has 0 radical (unpaired) electrons. The fourth-order valence-corrected chi connectivity index (χ4v) is 4.76. The summed E-state index contributed by atoms with van der Waals surface area (Å²) in [6, 6.07) is 12.0. The summed E-state index contributed by atoms with van der Waals surface area (Å²) in [7, 11) is 0. The van der Waals surface area contributed by atoms with Crippen LogP contribution in [0.4, 0.5) is 11.4 Å². The molecular formula is C27H33ClN4O4. The molecule has 2 aliphatic rings. The number of nitrogens with one attached hydrogen (secondary N) is 4. The number of halogens is 1. The molecule has 1 heterocycles. The lowest BCUT2D eigenvalue weighted by molar-refractivity contribution is -0.114. The van der Waals surface area contributed by atoms with Gasteiger partial charge in [-0.1, -0.05) is 36.9 Å². The molecule has 1 saturated heterocycles. The highest BCUT2D eigenvalue weighted by molar-refractivity contribution is 6.34. The SMILES string of the molecule is O=C(CNc1ccc(Cl)c(C(=O)NC2CCCCC2)c1)Nc1cccc(C(=O)NCC2CCCO2)c1. The molecule has 4 N–H and O–H groups in total. The molecule has 0 aromatic heterocycles. The van der Waals surface area contributed by atoms with E-state index < -0.39 is 0 Å². The van der Waals surface area contributed by atoms with Crippen molar-refractivity contribution in [3.05, 3.63) is 58.6 Å². The minimum Gasteiger partial charge on any atom is -0.376 e. The lowest BCUT2D eigenvalue weighted by Crippen LogP contribution is -2.36. The first-order chi connectivity index (χ1) is 17.5. The molecule has 1 saturated carbocycles. The molecule has 192 valence electrons. The van der Waals surface area contributed by atoms with E-state index in [1.54, 1.807) is 42.5 Å². The van der Waals surface area contributed by atoms with Crippen LogP contribution in [0, 0.1) is 0 Å². The fraction of sp³-hybridized carbons (Fsp3) is 0.444. The maximum absolute atomic E-state index is 12.7. The summed E-state index contributed by atoms with van der Waals surface area (Å²) in [6.07, 6.45) is 7.46. The Kier molecular flexibility index (Phi) is 9.19. The Morgan fingerprint density at radius 2 is 1.75 bits per heavy atom. The number of anilines is 2. The minimum atomic E-state index is -0.282. The third-order valence-corrected chi connectivity index (χ3v) is 6.86. The van der Waals surface area contributed by atoms with Gasteiger partial charge < -0.3 is 26.0 Å². The summed E-state index contributed by atoms with van der Waals surface area (Å²) in [5.41, 5.74) is 1.99. The van der Waals surface area contributed by atoms with Gasteiger partial charge in [0, 0.05) is 36.1 Å². The summed E-state index contributed by atoms with van der Waals surface area (Å²) in [5.74, 6) is -0.690. The van der Waals surface area contributed by atoms with Crippen LogP contribution >= 0.6 is 11.6 Å². The largest absolute Gasteiger partial charge is 0.376 e. The van der Waals surface area contributed by atoms with Crippen LogP contribution in [-0.4, -0.2) is 49.6 Å². The number of hydrogen-bond donors (Lipinski definition) is 4. The second-order valence-electron chi connectivity index (χ2n) is 9.33. The van der Waals surface area contributed by atoms with Crippen LogP contribution in [0.3, 0.4) is 0 Å². The third-order valence-electron chi connectivity index (χ3n) is 6.53. The van der Waals surface area contributed by atoms with Gasteiger partial charge in [0.25, 0.3) is 11.8 Å². The van der Waals surface area contributed by atoms with Gasteiger partial charge in [-0.25, -0.2) is 0 Å². The predicted octanol–water partition coefficient (Wildman–Crippen LogP) is 4.36. The minimum absolute atomic E-state index is 0.0131. The van der Waals surface area contributed by atoms with Gasteiger partial charge in [0.1, 0.15) is 0 Å². The molecule has 1 aliphatic heterocycles. The number of carbonyl (C=O) groups is 3. The van der Waals surface area contributed by atoms with Crippen molar-refractivity contribution < 1.29 is 19.1 Å². The highest BCUT2D eigenvalue weighted by Crippen LogP contribution is 2.23. The first kappa shape index (κ1) is 26.0. The van der Waals surface area contributed by atoms with Crippen molar-refractivity contribution in [2.24, 2.45) is 0 Å². The summed E-state index contributed by atoms with van der Waals surface area (Å²) < 4.78 is 5.53. The van der Waals surface area contributed by atoms with Crippen LogP contribution in [0.5, 0.6) is 0 Å². The summed E-state index contributed by atoms with van der Waals surface area (Å²) >= 11 is 6.27. The van der Waals surface area contributed by atoms with Crippen LogP contribution in [0.2, 0.25) is 5.02 Å². The molecule has 1 unspecified atom stereocenters. The topological polar surface area (TPSA) is 109 Å².